The molecule has 5 aromatic rings. The number of anilines is 1. The molecule has 2 aromatic heterocycles. The average Bonchev–Trinajstić information content (AvgIpc) is 3.74. The molecule has 13 nitrogen and oxygen atoms in total. The quantitative estimate of drug-likeness (QED) is 0.110. The summed E-state index contributed by atoms with van der Waals surface area (Å²) < 4.78 is 42.2. The van der Waals surface area contributed by atoms with E-state index in [4.69, 9.17) is 32.7 Å². The van der Waals surface area contributed by atoms with Crippen LogP contribution in [0.3, 0.4) is 0 Å². The number of aromatic amines is 1. The predicted octanol–water partition coefficient (Wildman–Crippen LogP) is 10.8. The number of piperidine rings is 1. The number of carbonyl (C=O) groups excluding carboxylic acids is 1. The van der Waals surface area contributed by atoms with Gasteiger partial charge in [0.2, 0.25) is 0 Å². The Morgan fingerprint density at radius 3 is 2.42 bits per heavy atom. The highest BCUT2D eigenvalue weighted by Crippen LogP contribution is 2.44. The van der Waals surface area contributed by atoms with Gasteiger partial charge in [-0.1, -0.05) is 75.5 Å². The van der Waals surface area contributed by atoms with Crippen molar-refractivity contribution >= 4 is 67.5 Å². The Morgan fingerprint density at radius 2 is 1.71 bits per heavy atom. The SMILES string of the molecule is CC1(C)CCC(CN2CCN(c3ccc(C(=O)NS(=O)(=O)c4ccc(OCC5CCN(C(=O)O)C(C(C)(C)C)C5)c(Cl)c4)c(Oc4cnc5[nH]ccc5c4)c3)CC2)=C(c2ccc(Cl)cc2)C1. The fourth-order valence-corrected chi connectivity index (χ4v) is 10.8. The fraction of sp³-hybridized carbons (Fsp3) is 0.420. The Hall–Kier alpha value is -5.28. The maximum absolute atomic E-state index is 14.0. The van der Waals surface area contributed by atoms with Crippen molar-refractivity contribution in [3.8, 4) is 17.2 Å². The number of hydrogen-bond acceptors (Lipinski definition) is 9. The summed E-state index contributed by atoms with van der Waals surface area (Å²) in [5.74, 6) is 0.0308. The number of amides is 2. The summed E-state index contributed by atoms with van der Waals surface area (Å²) >= 11 is 12.8. The maximum Gasteiger partial charge on any atom is 0.407 e. The molecule has 8 rings (SSSR count). The summed E-state index contributed by atoms with van der Waals surface area (Å²) in [6.45, 7) is 15.5. The van der Waals surface area contributed by atoms with E-state index in [1.54, 1.807) is 30.6 Å². The molecule has 0 spiro atoms. The summed E-state index contributed by atoms with van der Waals surface area (Å²) in [5.41, 5.74) is 5.64. The molecule has 3 aliphatic rings. The van der Waals surface area contributed by atoms with Crippen LogP contribution in [0.5, 0.6) is 17.2 Å². The smallest absolute Gasteiger partial charge is 0.407 e. The van der Waals surface area contributed by atoms with Crippen molar-refractivity contribution in [3.63, 3.8) is 0 Å². The number of ether oxygens (including phenoxy) is 2. The topological polar surface area (TPSA) is 157 Å². The number of nitrogens with one attached hydrogen (secondary N) is 2. The van der Waals surface area contributed by atoms with Crippen LogP contribution in [-0.4, -0.2) is 97.2 Å². The number of likely N-dealkylation sites (tertiary alicyclic amines) is 1. The largest absolute Gasteiger partial charge is 0.492 e. The first kappa shape index (κ1) is 47.2. The highest BCUT2D eigenvalue weighted by atomic mass is 35.5. The summed E-state index contributed by atoms with van der Waals surface area (Å²) in [5, 5.41) is 11.4. The maximum atomic E-state index is 14.0. The molecule has 3 aromatic carbocycles. The first-order valence-electron chi connectivity index (χ1n) is 22.5. The van der Waals surface area contributed by atoms with Gasteiger partial charge in [-0.15, -0.1) is 0 Å². The van der Waals surface area contributed by atoms with Gasteiger partial charge < -0.3 is 29.4 Å². The minimum atomic E-state index is -4.41. The third-order valence-electron chi connectivity index (χ3n) is 13.2. The second kappa shape index (κ2) is 19.1. The standard InChI is InChI=1S/C50H58Cl2N6O7S/c1-49(2,3)45-24-32(16-19-58(45)48(60)61)31-64-43-13-11-39(27-42(43)52)66(62,63)55-47(59)40-12-10-37(26-44(40)65-38-25-34-15-18-53-46(34)54-29-38)57-22-20-56(21-23-57)30-35-14-17-50(4,5)28-41(35)33-6-8-36(51)9-7-33/h6-13,15,18,25-27,29,32,45H,14,16-17,19-24,28,30-31H2,1-5H3,(H,53,54)(H,55,59)(H,60,61). The van der Waals surface area contributed by atoms with E-state index >= 15 is 0 Å². The summed E-state index contributed by atoms with van der Waals surface area (Å²) in [7, 11) is -4.41. The van der Waals surface area contributed by atoms with Gasteiger partial charge in [0, 0.05) is 73.7 Å². The highest BCUT2D eigenvalue weighted by molar-refractivity contribution is 7.90. The number of piperazine rings is 1. The van der Waals surface area contributed by atoms with Crippen molar-refractivity contribution in [3.05, 3.63) is 112 Å². The number of hydrogen-bond donors (Lipinski definition) is 3. The van der Waals surface area contributed by atoms with Gasteiger partial charge in [-0.2, -0.15) is 0 Å². The Labute approximate surface area is 397 Å². The Balaban J connectivity index is 0.962. The number of allylic oxidation sites excluding steroid dienone is 1. The van der Waals surface area contributed by atoms with Crippen LogP contribution in [0.2, 0.25) is 10.0 Å². The molecule has 2 amide bonds. The number of carboxylic acid groups (broad SMARTS) is 1. The number of halogens is 2. The lowest BCUT2D eigenvalue weighted by molar-refractivity contribution is 0.0303. The molecule has 0 saturated carbocycles. The average molecular weight is 958 g/mol. The molecule has 2 fully saturated rings. The van der Waals surface area contributed by atoms with Gasteiger partial charge >= 0.3 is 6.09 Å². The number of carbonyl (C=O) groups is 2. The lowest BCUT2D eigenvalue weighted by Gasteiger charge is -2.44. The third kappa shape index (κ3) is 10.9. The molecule has 2 unspecified atom stereocenters. The van der Waals surface area contributed by atoms with E-state index in [-0.39, 0.29) is 56.4 Å². The second-order valence-corrected chi connectivity index (χ2v) is 22.2. The van der Waals surface area contributed by atoms with E-state index in [2.05, 4.69) is 50.5 Å². The molecule has 16 heteroatoms. The Kier molecular flexibility index (Phi) is 13.7. The van der Waals surface area contributed by atoms with Crippen LogP contribution < -0.4 is 19.1 Å². The molecule has 2 aliphatic heterocycles. The Bertz CT molecular complexity index is 2740. The van der Waals surface area contributed by atoms with Gasteiger partial charge in [0.15, 0.2) is 0 Å². The zero-order valence-corrected chi connectivity index (χ0v) is 40.4. The van der Waals surface area contributed by atoms with Crippen LogP contribution in [0.1, 0.15) is 82.6 Å². The lowest BCUT2D eigenvalue weighted by atomic mass is 9.72. The van der Waals surface area contributed by atoms with Gasteiger partial charge in [-0.3, -0.25) is 9.69 Å². The lowest BCUT2D eigenvalue weighted by Crippen LogP contribution is -2.52. The van der Waals surface area contributed by atoms with E-state index < -0.39 is 22.0 Å². The molecule has 350 valence electrons. The molecule has 1 aliphatic carbocycles. The number of rotatable bonds is 12. The minimum Gasteiger partial charge on any atom is -0.492 e. The molecular formula is C50H58Cl2N6O7S. The zero-order chi connectivity index (χ0) is 47.0. The molecule has 4 heterocycles. The Morgan fingerprint density at radius 1 is 0.955 bits per heavy atom. The third-order valence-corrected chi connectivity index (χ3v) is 15.1. The zero-order valence-electron chi connectivity index (χ0n) is 38.1. The first-order chi connectivity index (χ1) is 31.3. The molecule has 66 heavy (non-hydrogen) atoms. The van der Waals surface area contributed by atoms with Crippen LogP contribution >= 0.6 is 23.2 Å². The summed E-state index contributed by atoms with van der Waals surface area (Å²) in [6.07, 6.45) is 6.85. The number of H-pyrrole nitrogens is 1. The van der Waals surface area contributed by atoms with Crippen molar-refractivity contribution < 1.29 is 32.6 Å². The van der Waals surface area contributed by atoms with Crippen molar-refractivity contribution in [2.45, 2.75) is 77.7 Å². The number of sulfonamides is 1. The van der Waals surface area contributed by atoms with E-state index in [0.717, 1.165) is 68.1 Å². The van der Waals surface area contributed by atoms with Crippen molar-refractivity contribution in [1.29, 1.82) is 0 Å². The molecule has 2 atom stereocenters. The monoisotopic (exact) mass is 956 g/mol. The summed E-state index contributed by atoms with van der Waals surface area (Å²) in [6, 6.07) is 20.9. The first-order valence-corrected chi connectivity index (χ1v) is 24.7. The van der Waals surface area contributed by atoms with Crippen LogP contribution in [0, 0.1) is 16.7 Å². The molecule has 2 saturated heterocycles. The van der Waals surface area contributed by atoms with Crippen LogP contribution in [-0.2, 0) is 10.0 Å². The second-order valence-electron chi connectivity index (χ2n) is 19.6. The van der Waals surface area contributed by atoms with Crippen LogP contribution in [0.4, 0.5) is 10.5 Å². The van der Waals surface area contributed by atoms with E-state index in [1.807, 2.05) is 45.0 Å². The van der Waals surface area contributed by atoms with Crippen LogP contribution in [0.15, 0.2) is 95.7 Å². The number of pyridine rings is 1. The van der Waals surface area contributed by atoms with Gasteiger partial charge in [0.25, 0.3) is 15.9 Å². The molecule has 3 N–H and O–H groups in total. The van der Waals surface area contributed by atoms with Gasteiger partial charge in [-0.25, -0.2) is 22.9 Å². The van der Waals surface area contributed by atoms with Gasteiger partial charge in [0.1, 0.15) is 22.9 Å². The van der Waals surface area contributed by atoms with E-state index in [1.165, 1.54) is 39.8 Å². The van der Waals surface area contributed by atoms with E-state index in [0.29, 0.717) is 30.8 Å². The van der Waals surface area contributed by atoms with Crippen LogP contribution in [0.25, 0.3) is 16.6 Å². The summed E-state index contributed by atoms with van der Waals surface area (Å²) in [4.78, 5) is 39.4. The number of nitrogens with zero attached hydrogens (tertiary/aromatic N) is 4. The number of fused-ring (bicyclic) bond motifs is 1. The fourth-order valence-electron chi connectivity index (χ4n) is 9.43. The molecule has 0 bridgehead atoms. The highest BCUT2D eigenvalue weighted by Gasteiger charge is 2.39. The van der Waals surface area contributed by atoms with E-state index in [9.17, 15) is 23.1 Å². The van der Waals surface area contributed by atoms with Crippen molar-refractivity contribution in [1.82, 2.24) is 24.5 Å². The molecule has 0 radical (unpaired) electrons. The minimum absolute atomic E-state index is 0.0190. The normalized spacial score (nSPS) is 19.5. The van der Waals surface area contributed by atoms with Crippen molar-refractivity contribution in [2.75, 3.05) is 50.8 Å². The molecular weight excluding hydrogens is 900 g/mol. The number of benzene rings is 3. The van der Waals surface area contributed by atoms with Gasteiger partial charge in [-0.05, 0) is 115 Å². The van der Waals surface area contributed by atoms with Gasteiger partial charge in [0.05, 0.1) is 28.3 Å². The van der Waals surface area contributed by atoms with Crippen molar-refractivity contribution in [2.24, 2.45) is 16.7 Å². The predicted molar refractivity (Wildman–Crippen MR) is 260 cm³/mol. The number of aromatic nitrogens is 2.